The fourth-order valence-electron chi connectivity index (χ4n) is 2.26. The highest BCUT2D eigenvalue weighted by Gasteiger charge is 2.26. The van der Waals surface area contributed by atoms with E-state index in [0.29, 0.717) is 32.8 Å². The molecule has 0 spiro atoms. The largest absolute Gasteiger partial charge is 0.379 e. The van der Waals surface area contributed by atoms with Crippen molar-refractivity contribution in [2.45, 2.75) is 16.7 Å². The van der Waals surface area contributed by atoms with Crippen molar-refractivity contribution in [2.75, 3.05) is 45.9 Å². The van der Waals surface area contributed by atoms with Crippen LogP contribution in [0.15, 0.2) is 34.1 Å². The third-order valence-electron chi connectivity index (χ3n) is 3.59. The van der Waals surface area contributed by atoms with Crippen LogP contribution in [0.3, 0.4) is 0 Å². The van der Waals surface area contributed by atoms with E-state index in [-0.39, 0.29) is 16.3 Å². The molecular weight excluding hydrogens is 354 g/mol. The topological polar surface area (TPSA) is 105 Å². The summed E-state index contributed by atoms with van der Waals surface area (Å²) in [7, 11) is -7.27. The van der Waals surface area contributed by atoms with Crippen LogP contribution in [0.25, 0.3) is 0 Å². The SMILES string of the molecule is CCNCCNS(=O)(=O)c1ccc(S(=O)(=O)N2CCOCC2)cc1. The van der Waals surface area contributed by atoms with Gasteiger partial charge in [0.25, 0.3) is 0 Å². The van der Waals surface area contributed by atoms with Gasteiger partial charge in [-0.1, -0.05) is 6.92 Å². The molecule has 8 nitrogen and oxygen atoms in total. The number of rotatable bonds is 8. The number of sulfonamides is 2. The van der Waals surface area contributed by atoms with E-state index >= 15 is 0 Å². The molecule has 0 bridgehead atoms. The van der Waals surface area contributed by atoms with Crippen molar-refractivity contribution in [2.24, 2.45) is 0 Å². The first kappa shape index (κ1) is 19.3. The van der Waals surface area contributed by atoms with E-state index in [1.54, 1.807) is 0 Å². The van der Waals surface area contributed by atoms with Gasteiger partial charge in [0.2, 0.25) is 20.0 Å². The Morgan fingerprint density at radius 3 is 2.17 bits per heavy atom. The van der Waals surface area contributed by atoms with Crippen molar-refractivity contribution in [3.8, 4) is 0 Å². The lowest BCUT2D eigenvalue weighted by Gasteiger charge is -2.26. The Bertz CT molecular complexity index is 726. The van der Waals surface area contributed by atoms with Crippen molar-refractivity contribution in [1.82, 2.24) is 14.3 Å². The van der Waals surface area contributed by atoms with Crippen molar-refractivity contribution >= 4 is 20.0 Å². The summed E-state index contributed by atoms with van der Waals surface area (Å²) >= 11 is 0. The van der Waals surface area contributed by atoms with Crippen LogP contribution in [0.1, 0.15) is 6.92 Å². The minimum absolute atomic E-state index is 0.0416. The standard InChI is InChI=1S/C14H23N3O5S2/c1-2-15-7-8-16-23(18,19)13-3-5-14(6-4-13)24(20,21)17-9-11-22-12-10-17/h3-6,15-16H,2,7-12H2,1H3. The molecule has 1 aliphatic heterocycles. The Hall–Kier alpha value is -1.04. The van der Waals surface area contributed by atoms with Crippen molar-refractivity contribution in [3.05, 3.63) is 24.3 Å². The number of morpholine rings is 1. The number of benzene rings is 1. The third-order valence-corrected chi connectivity index (χ3v) is 6.98. The fraction of sp³-hybridized carbons (Fsp3) is 0.571. The molecule has 0 amide bonds. The minimum atomic E-state index is -3.65. The predicted octanol–water partition coefficient (Wildman–Crippen LogP) is -0.405. The van der Waals surface area contributed by atoms with Crippen LogP contribution in [0.5, 0.6) is 0 Å². The predicted molar refractivity (Wildman–Crippen MR) is 89.8 cm³/mol. The van der Waals surface area contributed by atoms with E-state index in [9.17, 15) is 16.8 Å². The molecule has 1 aromatic carbocycles. The second-order valence-corrected chi connectivity index (χ2v) is 8.94. The van der Waals surface area contributed by atoms with Gasteiger partial charge in [-0.2, -0.15) is 4.31 Å². The van der Waals surface area contributed by atoms with Gasteiger partial charge >= 0.3 is 0 Å². The van der Waals surface area contributed by atoms with E-state index in [4.69, 9.17) is 4.74 Å². The zero-order chi connectivity index (χ0) is 17.6. The van der Waals surface area contributed by atoms with Crippen LogP contribution in [0, 0.1) is 0 Å². The van der Waals surface area contributed by atoms with E-state index in [2.05, 4.69) is 10.0 Å². The van der Waals surface area contributed by atoms with E-state index in [1.165, 1.54) is 28.6 Å². The number of ether oxygens (including phenoxy) is 1. The molecular formula is C14H23N3O5S2. The zero-order valence-corrected chi connectivity index (χ0v) is 15.2. The van der Waals surface area contributed by atoms with Gasteiger partial charge in [-0.15, -0.1) is 0 Å². The normalized spacial score (nSPS) is 17.0. The number of hydrogen-bond donors (Lipinski definition) is 2. The highest BCUT2D eigenvalue weighted by Crippen LogP contribution is 2.19. The lowest BCUT2D eigenvalue weighted by Crippen LogP contribution is -2.40. The maximum atomic E-state index is 12.5. The van der Waals surface area contributed by atoms with Crippen LogP contribution in [0.2, 0.25) is 0 Å². The summed E-state index contributed by atoms with van der Waals surface area (Å²) in [5, 5.41) is 3.02. The van der Waals surface area contributed by atoms with Crippen LogP contribution in [0.4, 0.5) is 0 Å². The summed E-state index contributed by atoms with van der Waals surface area (Å²) in [4.78, 5) is 0.121. The van der Waals surface area contributed by atoms with E-state index in [1.807, 2.05) is 6.92 Å². The third kappa shape index (κ3) is 4.74. The first-order valence-electron chi connectivity index (χ1n) is 7.76. The zero-order valence-electron chi connectivity index (χ0n) is 13.6. The summed E-state index contributed by atoms with van der Waals surface area (Å²) in [6.07, 6.45) is 0. The van der Waals surface area contributed by atoms with Crippen LogP contribution in [-0.2, 0) is 24.8 Å². The van der Waals surface area contributed by atoms with Crippen LogP contribution >= 0.6 is 0 Å². The van der Waals surface area contributed by atoms with Gasteiger partial charge in [0.15, 0.2) is 0 Å². The van der Waals surface area contributed by atoms with Gasteiger partial charge in [-0.3, -0.25) is 0 Å². The summed E-state index contributed by atoms with van der Waals surface area (Å²) < 4.78 is 58.2. The van der Waals surface area contributed by atoms with Gasteiger partial charge in [0.05, 0.1) is 23.0 Å². The van der Waals surface area contributed by atoms with Crippen molar-refractivity contribution < 1.29 is 21.6 Å². The number of nitrogens with one attached hydrogen (secondary N) is 2. The maximum Gasteiger partial charge on any atom is 0.243 e. The Kier molecular flexibility index (Phi) is 6.72. The summed E-state index contributed by atoms with van der Waals surface area (Å²) in [6.45, 7) is 4.81. The molecule has 1 aromatic rings. The molecule has 0 atom stereocenters. The number of hydrogen-bond acceptors (Lipinski definition) is 6. The monoisotopic (exact) mass is 377 g/mol. The minimum Gasteiger partial charge on any atom is -0.379 e. The first-order valence-corrected chi connectivity index (χ1v) is 10.7. The van der Waals surface area contributed by atoms with Crippen LogP contribution in [-0.4, -0.2) is 67.1 Å². The molecule has 2 rings (SSSR count). The molecule has 1 fully saturated rings. The van der Waals surface area contributed by atoms with Gasteiger partial charge in [-0.05, 0) is 30.8 Å². The van der Waals surface area contributed by atoms with Gasteiger partial charge in [0.1, 0.15) is 0 Å². The van der Waals surface area contributed by atoms with Crippen molar-refractivity contribution in [3.63, 3.8) is 0 Å². The fourth-order valence-corrected chi connectivity index (χ4v) is 4.70. The molecule has 24 heavy (non-hydrogen) atoms. The molecule has 2 N–H and O–H groups in total. The molecule has 10 heteroatoms. The molecule has 1 saturated heterocycles. The summed E-state index contributed by atoms with van der Waals surface area (Å²) in [6, 6.07) is 5.26. The van der Waals surface area contributed by atoms with E-state index < -0.39 is 20.0 Å². The Morgan fingerprint density at radius 1 is 1.00 bits per heavy atom. The van der Waals surface area contributed by atoms with Gasteiger partial charge in [0, 0.05) is 26.2 Å². The lowest BCUT2D eigenvalue weighted by atomic mass is 10.4. The van der Waals surface area contributed by atoms with Gasteiger partial charge < -0.3 is 10.1 Å². The van der Waals surface area contributed by atoms with Crippen molar-refractivity contribution in [1.29, 1.82) is 0 Å². The Balaban J connectivity index is 2.09. The quantitative estimate of drug-likeness (QED) is 0.597. The lowest BCUT2D eigenvalue weighted by molar-refractivity contribution is 0.0730. The molecule has 0 saturated carbocycles. The number of likely N-dealkylation sites (N-methyl/N-ethyl adjacent to an activating group) is 1. The Labute approximate surface area is 143 Å². The molecule has 0 unspecified atom stereocenters. The highest BCUT2D eigenvalue weighted by atomic mass is 32.2. The smallest absolute Gasteiger partial charge is 0.243 e. The average molecular weight is 377 g/mol. The molecule has 136 valence electrons. The number of nitrogens with zero attached hydrogens (tertiary/aromatic N) is 1. The first-order chi connectivity index (χ1) is 11.4. The second-order valence-electron chi connectivity index (χ2n) is 5.24. The summed E-state index contributed by atoms with van der Waals surface area (Å²) in [5.74, 6) is 0. The highest BCUT2D eigenvalue weighted by molar-refractivity contribution is 7.89. The van der Waals surface area contributed by atoms with Gasteiger partial charge in [-0.25, -0.2) is 21.6 Å². The molecule has 1 heterocycles. The van der Waals surface area contributed by atoms with Crippen LogP contribution < -0.4 is 10.0 Å². The summed E-state index contributed by atoms with van der Waals surface area (Å²) in [5.41, 5.74) is 0. The maximum absolute atomic E-state index is 12.5. The molecule has 0 aromatic heterocycles. The van der Waals surface area contributed by atoms with E-state index in [0.717, 1.165) is 6.54 Å². The average Bonchev–Trinajstić information content (AvgIpc) is 2.60. The molecule has 0 aliphatic carbocycles. The molecule has 1 aliphatic rings. The Morgan fingerprint density at radius 2 is 1.58 bits per heavy atom. The molecule has 0 radical (unpaired) electrons. The second kappa shape index (κ2) is 8.37.